The molecule has 0 saturated carbocycles. The highest BCUT2D eigenvalue weighted by atomic mass is 79.9. The van der Waals surface area contributed by atoms with E-state index in [1.807, 2.05) is 30.5 Å². The average Bonchev–Trinajstić information content (AvgIpc) is 2.89. The normalized spacial score (nSPS) is 10.3. The van der Waals surface area contributed by atoms with Crippen molar-refractivity contribution in [2.24, 2.45) is 0 Å². The molecule has 5 nitrogen and oxygen atoms in total. The molecule has 1 N–H and O–H groups in total. The summed E-state index contributed by atoms with van der Waals surface area (Å²) in [6, 6.07) is 7.62. The van der Waals surface area contributed by atoms with E-state index in [-0.39, 0.29) is 5.91 Å². The highest BCUT2D eigenvalue weighted by molar-refractivity contribution is 9.10. The fraction of sp³-hybridized carbons (Fsp3) is 0.286. The van der Waals surface area contributed by atoms with Gasteiger partial charge in [-0.1, -0.05) is 12.1 Å². The molecule has 2 rings (SSSR count). The highest BCUT2D eigenvalue weighted by Crippen LogP contribution is 2.11. The number of aryl methyl sites for hydroxylation is 1. The molecule has 2 aromatic rings. The predicted molar refractivity (Wildman–Crippen MR) is 79.4 cm³/mol. The van der Waals surface area contributed by atoms with Gasteiger partial charge in [-0.2, -0.15) is 5.10 Å². The molecule has 20 heavy (non-hydrogen) atoms. The van der Waals surface area contributed by atoms with E-state index in [1.165, 1.54) is 0 Å². The molecular weight excluding hydrogens is 322 g/mol. The summed E-state index contributed by atoms with van der Waals surface area (Å²) in [7, 11) is 1.63. The molecule has 1 aromatic carbocycles. The van der Waals surface area contributed by atoms with Gasteiger partial charge < -0.3 is 10.1 Å². The number of rotatable bonds is 6. The van der Waals surface area contributed by atoms with Gasteiger partial charge in [0.15, 0.2) is 0 Å². The van der Waals surface area contributed by atoms with Gasteiger partial charge in [0.1, 0.15) is 5.75 Å². The lowest BCUT2D eigenvalue weighted by atomic mass is 10.2. The van der Waals surface area contributed by atoms with Crippen LogP contribution in [0.2, 0.25) is 0 Å². The standard InChI is InChI=1S/C14H16BrN3O2/c1-20-13-4-2-11(3-5-13)8-16-14(19)6-7-18-10-12(15)9-17-18/h2-5,9-10H,6-8H2,1H3,(H,16,19). The Morgan fingerprint density at radius 2 is 2.15 bits per heavy atom. The van der Waals surface area contributed by atoms with Crippen LogP contribution in [0.25, 0.3) is 0 Å². The molecule has 0 fully saturated rings. The SMILES string of the molecule is COc1ccc(CNC(=O)CCn2cc(Br)cn2)cc1. The van der Waals surface area contributed by atoms with Gasteiger partial charge in [0.2, 0.25) is 5.91 Å². The number of amides is 1. The Morgan fingerprint density at radius 3 is 2.75 bits per heavy atom. The summed E-state index contributed by atoms with van der Waals surface area (Å²) in [6.07, 6.45) is 3.95. The average molecular weight is 338 g/mol. The van der Waals surface area contributed by atoms with Gasteiger partial charge in [0.25, 0.3) is 0 Å². The molecule has 0 radical (unpaired) electrons. The van der Waals surface area contributed by atoms with Gasteiger partial charge in [-0.15, -0.1) is 0 Å². The zero-order chi connectivity index (χ0) is 14.4. The summed E-state index contributed by atoms with van der Waals surface area (Å²) in [5.74, 6) is 0.816. The summed E-state index contributed by atoms with van der Waals surface area (Å²) < 4.78 is 7.73. The first-order valence-corrected chi connectivity index (χ1v) is 7.04. The van der Waals surface area contributed by atoms with Crippen LogP contribution >= 0.6 is 15.9 Å². The molecule has 1 aromatic heterocycles. The van der Waals surface area contributed by atoms with E-state index < -0.39 is 0 Å². The molecule has 1 heterocycles. The zero-order valence-corrected chi connectivity index (χ0v) is 12.8. The Morgan fingerprint density at radius 1 is 1.40 bits per heavy atom. The van der Waals surface area contributed by atoms with Crippen molar-refractivity contribution < 1.29 is 9.53 Å². The molecule has 0 saturated heterocycles. The van der Waals surface area contributed by atoms with Gasteiger partial charge in [-0.25, -0.2) is 0 Å². The monoisotopic (exact) mass is 337 g/mol. The molecule has 0 aliphatic rings. The van der Waals surface area contributed by atoms with Crippen LogP contribution in [0.4, 0.5) is 0 Å². The number of aromatic nitrogens is 2. The van der Waals surface area contributed by atoms with Crippen LogP contribution in [0.1, 0.15) is 12.0 Å². The first kappa shape index (κ1) is 14.6. The Balaban J connectivity index is 1.74. The third-order valence-electron chi connectivity index (χ3n) is 2.82. The lowest BCUT2D eigenvalue weighted by Crippen LogP contribution is -2.24. The second-order valence-corrected chi connectivity index (χ2v) is 5.21. The van der Waals surface area contributed by atoms with E-state index >= 15 is 0 Å². The number of benzene rings is 1. The third-order valence-corrected chi connectivity index (χ3v) is 3.23. The minimum absolute atomic E-state index is 0.00689. The molecule has 0 aliphatic heterocycles. The second kappa shape index (κ2) is 7.09. The fourth-order valence-corrected chi connectivity index (χ4v) is 2.04. The van der Waals surface area contributed by atoms with Crippen molar-refractivity contribution in [3.05, 3.63) is 46.7 Å². The summed E-state index contributed by atoms with van der Waals surface area (Å²) >= 11 is 3.32. The topological polar surface area (TPSA) is 56.1 Å². The van der Waals surface area contributed by atoms with Gasteiger partial charge >= 0.3 is 0 Å². The fourth-order valence-electron chi connectivity index (χ4n) is 1.71. The Kier molecular flexibility index (Phi) is 5.17. The molecule has 0 atom stereocenters. The maximum absolute atomic E-state index is 11.7. The van der Waals surface area contributed by atoms with Gasteiger partial charge in [0.05, 0.1) is 17.8 Å². The summed E-state index contributed by atoms with van der Waals surface area (Å²) in [6.45, 7) is 1.09. The molecule has 0 bridgehead atoms. The van der Waals surface area contributed by atoms with Gasteiger partial charge in [-0.05, 0) is 33.6 Å². The van der Waals surface area contributed by atoms with Crippen LogP contribution < -0.4 is 10.1 Å². The Labute approximate surface area is 126 Å². The van der Waals surface area contributed by atoms with Crippen molar-refractivity contribution in [3.8, 4) is 5.75 Å². The highest BCUT2D eigenvalue weighted by Gasteiger charge is 2.03. The first-order chi connectivity index (χ1) is 9.67. The van der Waals surface area contributed by atoms with Crippen molar-refractivity contribution in [3.63, 3.8) is 0 Å². The predicted octanol–water partition coefficient (Wildman–Crippen LogP) is 2.36. The van der Waals surface area contributed by atoms with E-state index in [1.54, 1.807) is 18.0 Å². The van der Waals surface area contributed by atoms with Gasteiger partial charge in [0, 0.05) is 25.7 Å². The molecule has 0 spiro atoms. The lowest BCUT2D eigenvalue weighted by molar-refractivity contribution is -0.121. The molecule has 6 heteroatoms. The number of hydrogen-bond donors (Lipinski definition) is 1. The third kappa shape index (κ3) is 4.38. The molecular formula is C14H16BrN3O2. The van der Waals surface area contributed by atoms with Crippen LogP contribution in [0.5, 0.6) is 5.75 Å². The largest absolute Gasteiger partial charge is 0.497 e. The Hall–Kier alpha value is -1.82. The van der Waals surface area contributed by atoms with E-state index in [9.17, 15) is 4.79 Å². The number of carbonyl (C=O) groups is 1. The van der Waals surface area contributed by atoms with Crippen LogP contribution in [0.3, 0.4) is 0 Å². The van der Waals surface area contributed by atoms with Crippen molar-refractivity contribution >= 4 is 21.8 Å². The minimum Gasteiger partial charge on any atom is -0.497 e. The lowest BCUT2D eigenvalue weighted by Gasteiger charge is -2.06. The minimum atomic E-state index is 0.00689. The van der Waals surface area contributed by atoms with E-state index in [2.05, 4.69) is 26.3 Å². The summed E-state index contributed by atoms with van der Waals surface area (Å²) in [4.78, 5) is 11.7. The molecule has 1 amide bonds. The number of nitrogens with zero attached hydrogens (tertiary/aromatic N) is 2. The summed E-state index contributed by atoms with van der Waals surface area (Å²) in [5.41, 5.74) is 1.04. The van der Waals surface area contributed by atoms with Crippen molar-refractivity contribution in [1.82, 2.24) is 15.1 Å². The summed E-state index contributed by atoms with van der Waals surface area (Å²) in [5, 5.41) is 6.98. The van der Waals surface area contributed by atoms with Crippen LogP contribution in [0, 0.1) is 0 Å². The van der Waals surface area contributed by atoms with E-state index in [0.29, 0.717) is 19.5 Å². The first-order valence-electron chi connectivity index (χ1n) is 6.25. The van der Waals surface area contributed by atoms with Crippen LogP contribution in [-0.4, -0.2) is 22.8 Å². The zero-order valence-electron chi connectivity index (χ0n) is 11.2. The van der Waals surface area contributed by atoms with Crippen LogP contribution in [-0.2, 0) is 17.9 Å². The number of ether oxygens (including phenoxy) is 1. The number of halogens is 1. The number of hydrogen-bond acceptors (Lipinski definition) is 3. The van der Waals surface area contributed by atoms with Crippen molar-refractivity contribution in [2.75, 3.05) is 7.11 Å². The number of nitrogens with one attached hydrogen (secondary N) is 1. The van der Waals surface area contributed by atoms with E-state index in [4.69, 9.17) is 4.74 Å². The van der Waals surface area contributed by atoms with Gasteiger partial charge in [-0.3, -0.25) is 9.48 Å². The number of methoxy groups -OCH3 is 1. The van der Waals surface area contributed by atoms with Crippen molar-refractivity contribution in [2.45, 2.75) is 19.5 Å². The second-order valence-electron chi connectivity index (χ2n) is 4.30. The molecule has 0 aliphatic carbocycles. The van der Waals surface area contributed by atoms with E-state index in [0.717, 1.165) is 15.8 Å². The maximum Gasteiger partial charge on any atom is 0.222 e. The van der Waals surface area contributed by atoms with Crippen molar-refractivity contribution in [1.29, 1.82) is 0 Å². The smallest absolute Gasteiger partial charge is 0.222 e. The van der Waals surface area contributed by atoms with Crippen LogP contribution in [0.15, 0.2) is 41.1 Å². The molecule has 106 valence electrons. The maximum atomic E-state index is 11.7. The molecule has 0 unspecified atom stereocenters. The Bertz CT molecular complexity index is 566. The number of carbonyl (C=O) groups excluding carboxylic acids is 1. The quantitative estimate of drug-likeness (QED) is 0.880.